The monoisotopic (exact) mass is 388 g/mol. The van der Waals surface area contributed by atoms with Crippen molar-refractivity contribution >= 4 is 28.6 Å². The first kappa shape index (κ1) is 17.9. The lowest BCUT2D eigenvalue weighted by Crippen LogP contribution is -2.23. The Kier molecular flexibility index (Phi) is 4.76. The van der Waals surface area contributed by atoms with Crippen LogP contribution in [0, 0.1) is 5.92 Å². The number of para-hydroxylation sites is 2. The Morgan fingerprint density at radius 2 is 1.69 bits per heavy atom. The van der Waals surface area contributed by atoms with Crippen LogP contribution in [-0.4, -0.2) is 35.6 Å². The fraction of sp³-hybridized carbons (Fsp3) is 0.348. The number of nitrogens with zero attached hydrogens (tertiary/aromatic N) is 3. The van der Waals surface area contributed by atoms with Crippen molar-refractivity contribution in [3.63, 3.8) is 0 Å². The molecule has 148 valence electrons. The smallest absolute Gasteiger partial charge is 0.256 e. The van der Waals surface area contributed by atoms with E-state index in [1.807, 2.05) is 36.4 Å². The molecule has 5 rings (SSSR count). The number of rotatable bonds is 6. The van der Waals surface area contributed by atoms with Crippen LogP contribution in [0.1, 0.15) is 36.0 Å². The molecular formula is C23H24N4O2. The lowest BCUT2D eigenvalue weighted by Gasteiger charge is -2.20. The molecule has 0 bridgehead atoms. The van der Waals surface area contributed by atoms with Crippen LogP contribution in [0.5, 0.6) is 5.75 Å². The minimum Gasteiger partial charge on any atom is -0.493 e. The number of benzene rings is 2. The molecule has 1 aliphatic carbocycles. The summed E-state index contributed by atoms with van der Waals surface area (Å²) in [6.07, 6.45) is 4.77. The number of hydrogen-bond acceptors (Lipinski definition) is 5. The molecule has 0 radical (unpaired) electrons. The van der Waals surface area contributed by atoms with E-state index in [4.69, 9.17) is 14.7 Å². The number of hydrogen-bond donors (Lipinski definition) is 1. The fourth-order valence-electron chi connectivity index (χ4n) is 3.60. The van der Waals surface area contributed by atoms with Crippen molar-refractivity contribution in [1.82, 2.24) is 9.97 Å². The highest BCUT2D eigenvalue weighted by molar-refractivity contribution is 6.05. The van der Waals surface area contributed by atoms with Crippen molar-refractivity contribution in [2.75, 3.05) is 29.9 Å². The molecule has 0 unspecified atom stereocenters. The number of aromatic nitrogens is 2. The zero-order valence-electron chi connectivity index (χ0n) is 16.3. The van der Waals surface area contributed by atoms with Crippen LogP contribution in [-0.2, 0) is 0 Å². The minimum atomic E-state index is -0.191. The molecule has 2 fully saturated rings. The van der Waals surface area contributed by atoms with E-state index in [-0.39, 0.29) is 5.91 Å². The van der Waals surface area contributed by atoms with E-state index < -0.39 is 0 Å². The number of carbonyl (C=O) groups is 1. The summed E-state index contributed by atoms with van der Waals surface area (Å²) in [6, 6.07) is 15.0. The van der Waals surface area contributed by atoms with E-state index in [1.54, 1.807) is 12.1 Å². The highest BCUT2D eigenvalue weighted by Crippen LogP contribution is 2.30. The number of carbonyl (C=O) groups excluding carboxylic acids is 1. The van der Waals surface area contributed by atoms with Gasteiger partial charge in [-0.2, -0.15) is 0 Å². The molecule has 1 aliphatic heterocycles. The number of anilines is 2. The Labute approximate surface area is 169 Å². The van der Waals surface area contributed by atoms with Gasteiger partial charge in [-0.1, -0.05) is 12.1 Å². The Balaban J connectivity index is 1.38. The Hall–Kier alpha value is -3.15. The van der Waals surface area contributed by atoms with Gasteiger partial charge in [0.05, 0.1) is 17.6 Å². The lowest BCUT2D eigenvalue weighted by atomic mass is 10.2. The summed E-state index contributed by atoms with van der Waals surface area (Å²) in [4.78, 5) is 24.6. The largest absolute Gasteiger partial charge is 0.493 e. The second-order valence-electron chi connectivity index (χ2n) is 7.81. The number of amides is 1. The van der Waals surface area contributed by atoms with Crippen molar-refractivity contribution in [1.29, 1.82) is 0 Å². The highest BCUT2D eigenvalue weighted by Gasteiger charge is 2.22. The predicted octanol–water partition coefficient (Wildman–Crippen LogP) is 4.27. The minimum absolute atomic E-state index is 0.191. The Morgan fingerprint density at radius 3 is 2.38 bits per heavy atom. The molecule has 1 aromatic heterocycles. The molecule has 3 aromatic rings. The SMILES string of the molecule is O=C(Nc1nc2ccccc2nc1N1CCCC1)c1ccc(OCC2CC2)cc1. The molecule has 6 nitrogen and oxygen atoms in total. The molecular weight excluding hydrogens is 364 g/mol. The first-order chi connectivity index (χ1) is 14.3. The van der Waals surface area contributed by atoms with E-state index >= 15 is 0 Å². The standard InChI is InChI=1S/C23H24N4O2/c28-23(17-9-11-18(12-10-17)29-15-16-7-8-16)26-21-22(27-13-3-4-14-27)25-20-6-2-1-5-19(20)24-21/h1-2,5-6,9-12,16H,3-4,7-8,13-15H2,(H,24,26,28). The highest BCUT2D eigenvalue weighted by atomic mass is 16.5. The normalized spacial score (nSPS) is 16.2. The third kappa shape index (κ3) is 4.01. The van der Waals surface area contributed by atoms with Crippen LogP contribution >= 0.6 is 0 Å². The van der Waals surface area contributed by atoms with Gasteiger partial charge in [-0.25, -0.2) is 9.97 Å². The third-order valence-electron chi connectivity index (χ3n) is 5.49. The van der Waals surface area contributed by atoms with Gasteiger partial charge in [-0.3, -0.25) is 4.79 Å². The van der Waals surface area contributed by atoms with Crippen LogP contribution in [0.3, 0.4) is 0 Å². The number of ether oxygens (including phenoxy) is 1. The summed E-state index contributed by atoms with van der Waals surface area (Å²) in [5, 5.41) is 2.98. The predicted molar refractivity (Wildman–Crippen MR) is 114 cm³/mol. The summed E-state index contributed by atoms with van der Waals surface area (Å²) in [5.74, 6) is 2.58. The third-order valence-corrected chi connectivity index (χ3v) is 5.49. The second-order valence-corrected chi connectivity index (χ2v) is 7.81. The van der Waals surface area contributed by atoms with Gasteiger partial charge >= 0.3 is 0 Å². The van der Waals surface area contributed by atoms with E-state index in [0.29, 0.717) is 17.3 Å². The average molecular weight is 388 g/mol. The Morgan fingerprint density at radius 1 is 1.00 bits per heavy atom. The van der Waals surface area contributed by atoms with Crippen LogP contribution in [0.15, 0.2) is 48.5 Å². The first-order valence-electron chi connectivity index (χ1n) is 10.3. The average Bonchev–Trinajstić information content (AvgIpc) is 3.43. The van der Waals surface area contributed by atoms with Crippen LogP contribution < -0.4 is 15.0 Å². The molecule has 2 aromatic carbocycles. The van der Waals surface area contributed by atoms with Gasteiger partial charge in [0.15, 0.2) is 11.6 Å². The molecule has 2 aliphatic rings. The summed E-state index contributed by atoms with van der Waals surface area (Å²) >= 11 is 0. The first-order valence-corrected chi connectivity index (χ1v) is 10.3. The van der Waals surface area contributed by atoms with Crippen molar-refractivity contribution in [3.8, 4) is 5.75 Å². The van der Waals surface area contributed by atoms with Crippen molar-refractivity contribution in [2.24, 2.45) is 5.92 Å². The zero-order chi connectivity index (χ0) is 19.6. The Bertz CT molecular complexity index is 1020. The van der Waals surface area contributed by atoms with Gasteiger partial charge in [0, 0.05) is 18.7 Å². The molecule has 1 amide bonds. The lowest BCUT2D eigenvalue weighted by molar-refractivity contribution is 0.102. The molecule has 1 N–H and O–H groups in total. The van der Waals surface area contributed by atoms with Gasteiger partial charge in [-0.05, 0) is 68.0 Å². The van der Waals surface area contributed by atoms with E-state index in [1.165, 1.54) is 12.8 Å². The molecule has 29 heavy (non-hydrogen) atoms. The quantitative estimate of drug-likeness (QED) is 0.683. The fourth-order valence-corrected chi connectivity index (χ4v) is 3.60. The van der Waals surface area contributed by atoms with Crippen LogP contribution in [0.25, 0.3) is 11.0 Å². The summed E-state index contributed by atoms with van der Waals surface area (Å²) in [7, 11) is 0. The van der Waals surface area contributed by atoms with Crippen molar-refractivity contribution in [3.05, 3.63) is 54.1 Å². The van der Waals surface area contributed by atoms with Gasteiger partial charge in [0.25, 0.3) is 5.91 Å². The topological polar surface area (TPSA) is 67.4 Å². The summed E-state index contributed by atoms with van der Waals surface area (Å²) in [6.45, 7) is 2.63. The summed E-state index contributed by atoms with van der Waals surface area (Å²) in [5.41, 5.74) is 2.19. The molecule has 1 saturated carbocycles. The van der Waals surface area contributed by atoms with E-state index in [2.05, 4.69) is 10.2 Å². The maximum Gasteiger partial charge on any atom is 0.256 e. The maximum atomic E-state index is 12.9. The summed E-state index contributed by atoms with van der Waals surface area (Å²) < 4.78 is 5.76. The van der Waals surface area contributed by atoms with Crippen LogP contribution in [0.4, 0.5) is 11.6 Å². The van der Waals surface area contributed by atoms with E-state index in [9.17, 15) is 4.79 Å². The van der Waals surface area contributed by atoms with Gasteiger partial charge in [-0.15, -0.1) is 0 Å². The van der Waals surface area contributed by atoms with Crippen LogP contribution in [0.2, 0.25) is 0 Å². The van der Waals surface area contributed by atoms with Gasteiger partial charge < -0.3 is 15.0 Å². The zero-order valence-corrected chi connectivity index (χ0v) is 16.3. The molecule has 1 saturated heterocycles. The number of nitrogens with one attached hydrogen (secondary N) is 1. The molecule has 0 atom stereocenters. The van der Waals surface area contributed by atoms with Crippen molar-refractivity contribution in [2.45, 2.75) is 25.7 Å². The molecule has 6 heteroatoms. The van der Waals surface area contributed by atoms with Gasteiger partial charge in [0.2, 0.25) is 0 Å². The molecule has 0 spiro atoms. The maximum absolute atomic E-state index is 12.9. The molecule has 2 heterocycles. The van der Waals surface area contributed by atoms with E-state index in [0.717, 1.165) is 55.1 Å². The second kappa shape index (κ2) is 7.70. The van der Waals surface area contributed by atoms with Gasteiger partial charge in [0.1, 0.15) is 5.75 Å². The number of fused-ring (bicyclic) bond motifs is 1. The van der Waals surface area contributed by atoms with Crippen molar-refractivity contribution < 1.29 is 9.53 Å².